The van der Waals surface area contributed by atoms with Crippen molar-refractivity contribution >= 4 is 0 Å². The fourth-order valence-corrected chi connectivity index (χ4v) is 7.08. The van der Waals surface area contributed by atoms with E-state index in [0.717, 1.165) is 17.6 Å². The van der Waals surface area contributed by atoms with E-state index in [4.69, 9.17) is 5.11 Å². The topological polar surface area (TPSA) is 80.9 Å². The number of fused-ring (bicyclic) bond motifs is 1. The summed E-state index contributed by atoms with van der Waals surface area (Å²) in [5.74, 6) is 1.56. The minimum Gasteiger partial charge on any atom is -0.396 e. The van der Waals surface area contributed by atoms with Crippen molar-refractivity contribution in [1.29, 1.82) is 0 Å². The van der Waals surface area contributed by atoms with Crippen molar-refractivity contribution in [2.45, 2.75) is 104 Å². The molecule has 0 amide bonds. The van der Waals surface area contributed by atoms with E-state index in [2.05, 4.69) is 51.7 Å². The third kappa shape index (κ3) is 6.21. The van der Waals surface area contributed by atoms with Gasteiger partial charge in [-0.3, -0.25) is 0 Å². The van der Waals surface area contributed by atoms with Gasteiger partial charge in [0.2, 0.25) is 0 Å². The monoisotopic (exact) mass is 486 g/mol. The Morgan fingerprint density at radius 2 is 1.86 bits per heavy atom. The van der Waals surface area contributed by atoms with Crippen LogP contribution in [0.4, 0.5) is 0 Å². The lowest BCUT2D eigenvalue weighted by Gasteiger charge is -2.44. The van der Waals surface area contributed by atoms with Crippen LogP contribution in [0.15, 0.2) is 47.6 Å². The molecule has 4 N–H and O–H groups in total. The molecule has 3 aliphatic carbocycles. The summed E-state index contributed by atoms with van der Waals surface area (Å²) in [6.07, 6.45) is 15.3. The van der Waals surface area contributed by atoms with Gasteiger partial charge in [0.25, 0.3) is 0 Å². The molecule has 0 aromatic carbocycles. The molecule has 3 fully saturated rings. The van der Waals surface area contributed by atoms with Crippen LogP contribution >= 0.6 is 0 Å². The second kappa shape index (κ2) is 11.5. The van der Waals surface area contributed by atoms with Crippen LogP contribution in [0.3, 0.4) is 0 Å². The standard InChI is InChI=1S/C31H50O4/c1-20(11-12-21(2)30(4,5)35)26-15-16-27-23(9-7-17-31(26,27)6)13-14-24-19-28(33)25(10-8-18-32)29(34)22(24)3/h11-14,20-21,25-29,32-35H,3,7-10,15-19H2,1-2,4-6H3/b12-11+,23-13+,24-14-/t20-,21+,25+,26-,27+,28-,29-,31-/m1/s1. The number of rotatable bonds is 8. The molecule has 0 radical (unpaired) electrons. The van der Waals surface area contributed by atoms with Crippen LogP contribution in [0.25, 0.3) is 0 Å². The van der Waals surface area contributed by atoms with Crippen molar-refractivity contribution in [3.05, 3.63) is 47.6 Å². The van der Waals surface area contributed by atoms with Gasteiger partial charge in [0, 0.05) is 18.4 Å². The molecular weight excluding hydrogens is 436 g/mol. The number of hydrogen-bond acceptors (Lipinski definition) is 4. The number of aliphatic hydroxyl groups is 4. The quantitative estimate of drug-likeness (QED) is 0.331. The highest BCUT2D eigenvalue weighted by Gasteiger charge is 2.50. The molecular formula is C31H50O4. The van der Waals surface area contributed by atoms with Crippen LogP contribution in [-0.4, -0.2) is 44.8 Å². The molecule has 0 spiro atoms. The molecule has 0 aliphatic heterocycles. The molecule has 3 aliphatic rings. The van der Waals surface area contributed by atoms with E-state index in [1.807, 2.05) is 13.8 Å². The molecule has 4 heteroatoms. The lowest BCUT2D eigenvalue weighted by atomic mass is 9.61. The minimum absolute atomic E-state index is 0.0746. The van der Waals surface area contributed by atoms with Gasteiger partial charge in [-0.25, -0.2) is 0 Å². The molecule has 0 saturated heterocycles. The van der Waals surface area contributed by atoms with Crippen molar-refractivity contribution in [1.82, 2.24) is 0 Å². The lowest BCUT2D eigenvalue weighted by molar-refractivity contribution is 0.0112. The summed E-state index contributed by atoms with van der Waals surface area (Å²) >= 11 is 0. The van der Waals surface area contributed by atoms with E-state index in [-0.39, 0.29) is 23.9 Å². The molecule has 0 heterocycles. The molecule has 0 aromatic rings. The molecule has 3 rings (SSSR count). The fourth-order valence-electron chi connectivity index (χ4n) is 7.08. The van der Waals surface area contributed by atoms with Crippen LogP contribution in [0.1, 0.15) is 86.0 Å². The Bertz CT molecular complexity index is 831. The van der Waals surface area contributed by atoms with Gasteiger partial charge >= 0.3 is 0 Å². The molecule has 35 heavy (non-hydrogen) atoms. The predicted molar refractivity (Wildman–Crippen MR) is 144 cm³/mol. The Balaban J connectivity index is 1.74. The maximum Gasteiger partial charge on any atom is 0.0839 e. The second-order valence-electron chi connectivity index (χ2n) is 12.5. The maximum absolute atomic E-state index is 10.7. The van der Waals surface area contributed by atoms with Gasteiger partial charge in [0.05, 0.1) is 17.8 Å². The van der Waals surface area contributed by atoms with E-state index < -0.39 is 17.8 Å². The van der Waals surface area contributed by atoms with Crippen molar-refractivity contribution < 1.29 is 20.4 Å². The van der Waals surface area contributed by atoms with Crippen LogP contribution in [0, 0.1) is 35.0 Å². The largest absolute Gasteiger partial charge is 0.396 e. The summed E-state index contributed by atoms with van der Waals surface area (Å²) in [6.45, 7) is 14.9. The second-order valence-corrected chi connectivity index (χ2v) is 12.5. The van der Waals surface area contributed by atoms with E-state index in [9.17, 15) is 15.3 Å². The molecule has 0 bridgehead atoms. The Labute approximate surface area is 213 Å². The highest BCUT2D eigenvalue weighted by Crippen LogP contribution is 2.59. The number of aliphatic hydroxyl groups excluding tert-OH is 3. The third-order valence-electron chi connectivity index (χ3n) is 9.78. The van der Waals surface area contributed by atoms with Gasteiger partial charge in [-0.1, -0.05) is 57.2 Å². The number of hydrogen-bond donors (Lipinski definition) is 4. The van der Waals surface area contributed by atoms with Gasteiger partial charge in [-0.05, 0) is 99.5 Å². The zero-order valence-electron chi connectivity index (χ0n) is 22.7. The zero-order valence-corrected chi connectivity index (χ0v) is 22.7. The summed E-state index contributed by atoms with van der Waals surface area (Å²) in [5, 5.41) is 40.8. The maximum atomic E-state index is 10.7. The van der Waals surface area contributed by atoms with Gasteiger partial charge < -0.3 is 20.4 Å². The predicted octanol–water partition coefficient (Wildman–Crippen LogP) is 5.73. The Morgan fingerprint density at radius 1 is 1.14 bits per heavy atom. The summed E-state index contributed by atoms with van der Waals surface area (Å²) < 4.78 is 0. The molecule has 0 unspecified atom stereocenters. The first-order chi connectivity index (χ1) is 16.4. The Kier molecular flexibility index (Phi) is 9.29. The molecule has 3 saturated carbocycles. The fraction of sp³-hybridized carbons (Fsp3) is 0.742. The first-order valence-electron chi connectivity index (χ1n) is 13.9. The number of allylic oxidation sites excluding steroid dienone is 4. The van der Waals surface area contributed by atoms with Gasteiger partial charge in [-0.2, -0.15) is 0 Å². The van der Waals surface area contributed by atoms with E-state index in [0.29, 0.717) is 37.0 Å². The molecule has 8 atom stereocenters. The van der Waals surface area contributed by atoms with Crippen LogP contribution < -0.4 is 0 Å². The first kappa shape index (κ1) is 28.4. The first-order valence-corrected chi connectivity index (χ1v) is 13.9. The summed E-state index contributed by atoms with van der Waals surface area (Å²) in [6, 6.07) is 0. The van der Waals surface area contributed by atoms with Crippen molar-refractivity contribution in [3.8, 4) is 0 Å². The van der Waals surface area contributed by atoms with Crippen LogP contribution in [0.5, 0.6) is 0 Å². The van der Waals surface area contributed by atoms with E-state index in [1.54, 1.807) is 0 Å². The Hall–Kier alpha value is -1.20. The Morgan fingerprint density at radius 3 is 2.51 bits per heavy atom. The molecule has 198 valence electrons. The molecule has 4 nitrogen and oxygen atoms in total. The normalized spacial score (nSPS) is 38.3. The highest BCUT2D eigenvalue weighted by molar-refractivity contribution is 5.39. The average molecular weight is 487 g/mol. The molecule has 0 aromatic heterocycles. The lowest BCUT2D eigenvalue weighted by Crippen LogP contribution is -2.38. The van der Waals surface area contributed by atoms with E-state index in [1.165, 1.54) is 31.3 Å². The summed E-state index contributed by atoms with van der Waals surface area (Å²) in [7, 11) is 0. The van der Waals surface area contributed by atoms with Crippen molar-refractivity contribution in [3.63, 3.8) is 0 Å². The van der Waals surface area contributed by atoms with E-state index >= 15 is 0 Å². The average Bonchev–Trinajstić information content (AvgIpc) is 3.15. The smallest absolute Gasteiger partial charge is 0.0839 e. The third-order valence-corrected chi connectivity index (χ3v) is 9.78. The zero-order chi connectivity index (χ0) is 26.0. The van der Waals surface area contributed by atoms with Crippen LogP contribution in [-0.2, 0) is 0 Å². The van der Waals surface area contributed by atoms with Crippen molar-refractivity contribution in [2.75, 3.05) is 6.61 Å². The highest BCUT2D eigenvalue weighted by atomic mass is 16.3. The summed E-state index contributed by atoms with van der Waals surface area (Å²) in [5.41, 5.74) is 2.76. The minimum atomic E-state index is -0.749. The SMILES string of the molecule is C=C1/C(=C\C=C2/CCC[C@]3(C)[C@@H]([C@H](C)/C=C/[C@H](C)C(C)(C)O)CC[C@@H]23)C[C@@H](O)[C@H](CCCO)[C@@H]1O. The van der Waals surface area contributed by atoms with Crippen LogP contribution in [0.2, 0.25) is 0 Å². The summed E-state index contributed by atoms with van der Waals surface area (Å²) in [4.78, 5) is 0. The van der Waals surface area contributed by atoms with Crippen molar-refractivity contribution in [2.24, 2.45) is 35.0 Å². The van der Waals surface area contributed by atoms with Gasteiger partial charge in [-0.15, -0.1) is 0 Å². The van der Waals surface area contributed by atoms with Gasteiger partial charge in [0.1, 0.15) is 0 Å². The van der Waals surface area contributed by atoms with Gasteiger partial charge in [0.15, 0.2) is 0 Å².